The van der Waals surface area contributed by atoms with Gasteiger partial charge in [0.2, 0.25) is 0 Å². The van der Waals surface area contributed by atoms with E-state index >= 15 is 0 Å². The van der Waals surface area contributed by atoms with Crippen molar-refractivity contribution in [1.29, 1.82) is 0 Å². The Hall–Kier alpha value is -2.75. The van der Waals surface area contributed by atoms with Crippen molar-refractivity contribution in [2.45, 2.75) is 6.92 Å². The zero-order valence-corrected chi connectivity index (χ0v) is 17.1. The van der Waals surface area contributed by atoms with E-state index < -0.39 is 10.9 Å². The molecular weight excluding hydrogens is 422 g/mol. The van der Waals surface area contributed by atoms with Gasteiger partial charge in [-0.3, -0.25) is 10.1 Å². The molecule has 7 nitrogen and oxygen atoms in total. The molecule has 144 valence electrons. The number of thiocarbonyl (C=S) groups is 1. The predicted molar refractivity (Wildman–Crippen MR) is 116 cm³/mol. The van der Waals surface area contributed by atoms with Gasteiger partial charge in [0.15, 0.2) is 5.11 Å². The van der Waals surface area contributed by atoms with E-state index in [-0.39, 0.29) is 10.8 Å². The number of methoxy groups -OCH3 is 1. The number of carbonyl (C=O) groups is 1. The molecule has 1 aromatic heterocycles. The van der Waals surface area contributed by atoms with Gasteiger partial charge in [0, 0.05) is 21.8 Å². The van der Waals surface area contributed by atoms with Crippen LogP contribution >= 0.6 is 35.2 Å². The number of benzene rings is 2. The molecule has 3 aromatic rings. The second kappa shape index (κ2) is 8.09. The number of halogens is 1. The molecule has 0 saturated heterocycles. The summed E-state index contributed by atoms with van der Waals surface area (Å²) in [4.78, 5) is 22.7. The molecule has 1 heterocycles. The molecule has 3 rings (SSSR count). The summed E-state index contributed by atoms with van der Waals surface area (Å²) in [6.07, 6.45) is 0. The van der Waals surface area contributed by atoms with Gasteiger partial charge in [-0.15, -0.1) is 11.3 Å². The molecule has 0 unspecified atom stereocenters. The number of nitro benzene ring substituents is 1. The Kier molecular flexibility index (Phi) is 5.78. The molecule has 0 saturated carbocycles. The maximum absolute atomic E-state index is 11.8. The van der Waals surface area contributed by atoms with Crippen molar-refractivity contribution in [3.63, 3.8) is 0 Å². The maximum Gasteiger partial charge on any atom is 0.349 e. The molecule has 2 aromatic carbocycles. The summed E-state index contributed by atoms with van der Waals surface area (Å²) in [5, 5.41) is 18.4. The molecule has 0 spiro atoms. The van der Waals surface area contributed by atoms with Gasteiger partial charge in [-0.1, -0.05) is 17.7 Å². The average Bonchev–Trinajstić information content (AvgIpc) is 2.98. The third-order valence-electron chi connectivity index (χ3n) is 4.01. The number of nitrogens with zero attached hydrogens (tertiary/aromatic N) is 1. The van der Waals surface area contributed by atoms with Crippen LogP contribution in [0.4, 0.5) is 17.1 Å². The Bertz CT molecular complexity index is 1110. The lowest BCUT2D eigenvalue weighted by Gasteiger charge is -2.12. The summed E-state index contributed by atoms with van der Waals surface area (Å²) in [6.45, 7) is 1.65. The summed E-state index contributed by atoms with van der Waals surface area (Å²) < 4.78 is 5.53. The van der Waals surface area contributed by atoms with Gasteiger partial charge in [0.05, 0.1) is 28.3 Å². The van der Waals surface area contributed by atoms with Crippen molar-refractivity contribution < 1.29 is 14.5 Å². The zero-order valence-electron chi connectivity index (χ0n) is 14.7. The summed E-state index contributed by atoms with van der Waals surface area (Å²) in [5.74, 6) is -0.487. The number of esters is 1. The minimum Gasteiger partial charge on any atom is -0.465 e. The lowest BCUT2D eigenvalue weighted by atomic mass is 10.1. The number of nitrogens with one attached hydrogen (secondary N) is 2. The number of rotatable bonds is 4. The standard InChI is InChI=1S/C18H14ClN3O4S2/c1-9-12(4-3-5-13(9)22(24)25)21-18(27)20-10-6-7-11-14(8-10)28-16(15(11)19)17(23)26-2/h3-8H,1-2H3,(H2,20,21,27). The normalized spacial score (nSPS) is 10.5. The first-order valence-electron chi connectivity index (χ1n) is 7.94. The average molecular weight is 436 g/mol. The van der Waals surface area contributed by atoms with Crippen LogP contribution in [0.1, 0.15) is 15.2 Å². The van der Waals surface area contributed by atoms with Gasteiger partial charge in [-0.2, -0.15) is 0 Å². The Balaban J connectivity index is 1.81. The Morgan fingerprint density at radius 2 is 2.04 bits per heavy atom. The van der Waals surface area contributed by atoms with Crippen LogP contribution in [0.3, 0.4) is 0 Å². The number of hydrogen-bond acceptors (Lipinski definition) is 6. The van der Waals surface area contributed by atoms with Crippen LogP contribution in [-0.2, 0) is 4.74 Å². The molecular formula is C18H14ClN3O4S2. The highest BCUT2D eigenvalue weighted by atomic mass is 35.5. The minimum absolute atomic E-state index is 0.0118. The van der Waals surface area contributed by atoms with E-state index in [0.717, 1.165) is 10.1 Å². The zero-order chi connectivity index (χ0) is 20.4. The predicted octanol–water partition coefficient (Wildman–Crippen LogP) is 5.37. The number of hydrogen-bond donors (Lipinski definition) is 2. The molecule has 28 heavy (non-hydrogen) atoms. The Labute approximate surface area is 174 Å². The van der Waals surface area contributed by atoms with Crippen LogP contribution in [0.2, 0.25) is 5.02 Å². The monoisotopic (exact) mass is 435 g/mol. The van der Waals surface area contributed by atoms with Crippen LogP contribution < -0.4 is 10.6 Å². The van der Waals surface area contributed by atoms with E-state index in [4.69, 9.17) is 28.6 Å². The van der Waals surface area contributed by atoms with Crippen molar-refractivity contribution >= 4 is 73.4 Å². The lowest BCUT2D eigenvalue weighted by molar-refractivity contribution is -0.385. The quantitative estimate of drug-likeness (QED) is 0.246. The molecule has 0 radical (unpaired) electrons. The van der Waals surface area contributed by atoms with Gasteiger partial charge in [0.1, 0.15) is 4.88 Å². The van der Waals surface area contributed by atoms with Gasteiger partial charge in [-0.05, 0) is 43.4 Å². The highest BCUT2D eigenvalue weighted by Crippen LogP contribution is 2.37. The van der Waals surface area contributed by atoms with Crippen molar-refractivity contribution in [3.8, 4) is 0 Å². The number of carbonyl (C=O) groups excluding carboxylic acids is 1. The van der Waals surface area contributed by atoms with E-state index in [1.54, 1.807) is 31.2 Å². The molecule has 0 fully saturated rings. The fourth-order valence-electron chi connectivity index (χ4n) is 2.61. The molecule has 10 heteroatoms. The summed E-state index contributed by atoms with van der Waals surface area (Å²) in [5.41, 5.74) is 1.72. The second-order valence-electron chi connectivity index (χ2n) is 5.73. The first kappa shape index (κ1) is 20.0. The third kappa shape index (κ3) is 3.91. The highest BCUT2D eigenvalue weighted by Gasteiger charge is 2.18. The highest BCUT2D eigenvalue weighted by molar-refractivity contribution is 7.80. The van der Waals surface area contributed by atoms with E-state index in [2.05, 4.69) is 10.6 Å². The van der Waals surface area contributed by atoms with Gasteiger partial charge < -0.3 is 15.4 Å². The molecule has 0 aliphatic heterocycles. The van der Waals surface area contributed by atoms with Crippen LogP contribution in [0.25, 0.3) is 10.1 Å². The molecule has 2 N–H and O–H groups in total. The molecule has 0 amide bonds. The molecule has 0 bridgehead atoms. The summed E-state index contributed by atoms with van der Waals surface area (Å²) >= 11 is 12.8. The van der Waals surface area contributed by atoms with Crippen molar-refractivity contribution in [2.24, 2.45) is 0 Å². The minimum atomic E-state index is -0.487. The fraction of sp³-hybridized carbons (Fsp3) is 0.111. The smallest absolute Gasteiger partial charge is 0.349 e. The van der Waals surface area contributed by atoms with Crippen molar-refractivity contribution in [2.75, 3.05) is 17.7 Å². The number of ether oxygens (including phenoxy) is 1. The van der Waals surface area contributed by atoms with Crippen molar-refractivity contribution in [1.82, 2.24) is 0 Å². The van der Waals surface area contributed by atoms with Crippen LogP contribution in [0, 0.1) is 17.0 Å². The largest absolute Gasteiger partial charge is 0.465 e. The summed E-state index contributed by atoms with van der Waals surface area (Å²) in [6, 6.07) is 10.1. The number of fused-ring (bicyclic) bond motifs is 1. The Morgan fingerprint density at radius 3 is 2.71 bits per heavy atom. The van der Waals surface area contributed by atoms with Gasteiger partial charge in [0.25, 0.3) is 5.69 Å². The molecule has 0 atom stereocenters. The van der Waals surface area contributed by atoms with Crippen molar-refractivity contribution in [3.05, 3.63) is 62.0 Å². The van der Waals surface area contributed by atoms with E-state index in [1.165, 1.54) is 24.5 Å². The lowest BCUT2D eigenvalue weighted by Crippen LogP contribution is -2.19. The van der Waals surface area contributed by atoms with Crippen LogP contribution in [-0.4, -0.2) is 23.1 Å². The molecule has 0 aliphatic rings. The van der Waals surface area contributed by atoms with Gasteiger partial charge in [-0.25, -0.2) is 4.79 Å². The maximum atomic E-state index is 11.8. The van der Waals surface area contributed by atoms with E-state index in [0.29, 0.717) is 26.8 Å². The van der Waals surface area contributed by atoms with Crippen LogP contribution in [0.5, 0.6) is 0 Å². The van der Waals surface area contributed by atoms with E-state index in [9.17, 15) is 14.9 Å². The van der Waals surface area contributed by atoms with E-state index in [1.807, 2.05) is 6.07 Å². The summed E-state index contributed by atoms with van der Waals surface area (Å²) in [7, 11) is 1.30. The first-order chi connectivity index (χ1) is 13.3. The number of thiophene rings is 1. The first-order valence-corrected chi connectivity index (χ1v) is 9.54. The second-order valence-corrected chi connectivity index (χ2v) is 7.57. The van der Waals surface area contributed by atoms with Crippen LogP contribution in [0.15, 0.2) is 36.4 Å². The number of anilines is 2. The Morgan fingerprint density at radius 1 is 1.29 bits per heavy atom. The topological polar surface area (TPSA) is 93.5 Å². The molecule has 0 aliphatic carbocycles. The third-order valence-corrected chi connectivity index (χ3v) is 5.85. The SMILES string of the molecule is COC(=O)c1sc2cc(NC(=S)Nc3cccc([N+](=O)[O-])c3C)ccc2c1Cl. The number of nitro groups is 1. The fourth-order valence-corrected chi connectivity index (χ4v) is 4.30. The van der Waals surface area contributed by atoms with Gasteiger partial charge >= 0.3 is 5.97 Å².